The fourth-order valence-corrected chi connectivity index (χ4v) is 5.28. The molecule has 8 nitrogen and oxygen atoms in total. The van der Waals surface area contributed by atoms with Gasteiger partial charge in [0, 0.05) is 0 Å². The molecule has 2 saturated heterocycles. The number of rotatable bonds is 4. The molecule has 0 aromatic heterocycles. The van der Waals surface area contributed by atoms with E-state index in [4.69, 9.17) is 10.5 Å². The van der Waals surface area contributed by atoms with Crippen LogP contribution in [0.5, 0.6) is 0 Å². The van der Waals surface area contributed by atoms with E-state index in [1.54, 1.807) is 30.3 Å². The number of ether oxygens (including phenoxy) is 1. The lowest BCUT2D eigenvalue weighted by Gasteiger charge is -2.53. The van der Waals surface area contributed by atoms with Crippen LogP contribution >= 0.6 is 11.8 Å². The van der Waals surface area contributed by atoms with Crippen LogP contribution < -0.4 is 5.73 Å². The van der Waals surface area contributed by atoms with Gasteiger partial charge in [-0.1, -0.05) is 30.3 Å². The zero-order valence-electron chi connectivity index (χ0n) is 13.5. The van der Waals surface area contributed by atoms with E-state index in [1.807, 2.05) is 0 Å². The fourth-order valence-electron chi connectivity index (χ4n) is 2.68. The number of halogens is 3. The average Bonchev–Trinajstić information content (AvgIpc) is 2.64. The number of carbonyl (C=O) groups excluding carboxylic acids is 2. The molecular formula is C14H14F3N3O5S2. The van der Waals surface area contributed by atoms with Crippen molar-refractivity contribution in [3.63, 3.8) is 0 Å². The van der Waals surface area contributed by atoms with Gasteiger partial charge in [-0.15, -0.1) is 11.8 Å². The van der Waals surface area contributed by atoms with Gasteiger partial charge >= 0.3 is 21.5 Å². The Kier molecular flexibility index (Phi) is 5.14. The first-order valence-corrected chi connectivity index (χ1v) is 10.0. The van der Waals surface area contributed by atoms with Gasteiger partial charge in [-0.3, -0.25) is 4.79 Å². The normalized spacial score (nSPS) is 26.3. The minimum absolute atomic E-state index is 0.0781. The average molecular weight is 425 g/mol. The molecule has 27 heavy (non-hydrogen) atoms. The summed E-state index contributed by atoms with van der Waals surface area (Å²) in [5, 5.41) is -0.800. The predicted molar refractivity (Wildman–Crippen MR) is 87.9 cm³/mol. The number of carbonyl (C=O) groups is 2. The quantitative estimate of drug-likeness (QED) is 0.550. The van der Waals surface area contributed by atoms with Crippen LogP contribution in [0, 0.1) is 0 Å². The summed E-state index contributed by atoms with van der Waals surface area (Å²) in [6.07, 6.45) is -2.06. The van der Waals surface area contributed by atoms with Gasteiger partial charge in [0.25, 0.3) is 0 Å². The van der Waals surface area contributed by atoms with E-state index < -0.39 is 50.9 Å². The largest absolute Gasteiger partial charge is 0.511 e. The molecule has 1 amide bonds. The first-order chi connectivity index (χ1) is 12.6. The molecule has 13 heteroatoms. The molecule has 2 aliphatic heterocycles. The third-order valence-electron chi connectivity index (χ3n) is 4.07. The second-order valence-corrected chi connectivity index (χ2v) is 8.72. The van der Waals surface area contributed by atoms with Crippen LogP contribution in [0.15, 0.2) is 30.3 Å². The maximum absolute atomic E-state index is 13.0. The molecule has 148 valence electrons. The van der Waals surface area contributed by atoms with Crippen molar-refractivity contribution in [3.05, 3.63) is 35.9 Å². The number of benzene rings is 1. The van der Waals surface area contributed by atoms with Crippen molar-refractivity contribution < 1.29 is 35.9 Å². The van der Waals surface area contributed by atoms with Crippen molar-refractivity contribution in [3.8, 4) is 0 Å². The number of thioether (sulfide) groups is 1. The van der Waals surface area contributed by atoms with Gasteiger partial charge in [-0.2, -0.15) is 17.5 Å². The Morgan fingerprint density at radius 2 is 1.93 bits per heavy atom. The molecule has 2 aliphatic rings. The molecule has 3 rings (SSSR count). The lowest BCUT2D eigenvalue weighted by Crippen LogP contribution is -2.77. The first kappa shape index (κ1) is 19.9. The van der Waals surface area contributed by atoms with E-state index in [0.29, 0.717) is 5.56 Å². The first-order valence-electron chi connectivity index (χ1n) is 7.54. The minimum Gasteiger partial charge on any atom is -0.458 e. The van der Waals surface area contributed by atoms with Crippen LogP contribution in [0.2, 0.25) is 0 Å². The Hall–Kier alpha value is -1.83. The number of amides is 1. The molecule has 2 fully saturated rings. The highest BCUT2D eigenvalue weighted by Gasteiger charge is 2.62. The van der Waals surface area contributed by atoms with Crippen LogP contribution in [0.25, 0.3) is 0 Å². The van der Waals surface area contributed by atoms with E-state index in [2.05, 4.69) is 0 Å². The highest BCUT2D eigenvalue weighted by Crippen LogP contribution is 2.41. The molecule has 0 aliphatic carbocycles. The highest BCUT2D eigenvalue weighted by atomic mass is 32.2. The lowest BCUT2D eigenvalue weighted by atomic mass is 10.1. The predicted octanol–water partition coefficient (Wildman–Crippen LogP) is 0.407. The molecule has 0 bridgehead atoms. The summed E-state index contributed by atoms with van der Waals surface area (Å²) in [6, 6.07) is 7.24. The van der Waals surface area contributed by atoms with Crippen LogP contribution in [-0.2, 0) is 31.0 Å². The maximum Gasteiger partial charge on any atom is 0.511 e. The summed E-state index contributed by atoms with van der Waals surface area (Å²) < 4.78 is 67.7. The number of sulfonamides is 1. The second kappa shape index (κ2) is 6.96. The topological polar surface area (TPSA) is 110 Å². The minimum atomic E-state index is -5.86. The molecule has 0 spiro atoms. The van der Waals surface area contributed by atoms with E-state index in [0.717, 1.165) is 16.7 Å². The van der Waals surface area contributed by atoms with Crippen molar-refractivity contribution in [2.24, 2.45) is 5.73 Å². The van der Waals surface area contributed by atoms with Crippen molar-refractivity contribution in [1.82, 2.24) is 9.21 Å². The SMILES string of the molecule is NC1C(=O)N2C1SCN(S(=O)(=O)C(F)(F)F)C2C(=O)OCc1ccccc1. The van der Waals surface area contributed by atoms with Crippen molar-refractivity contribution in [2.45, 2.75) is 29.7 Å². The van der Waals surface area contributed by atoms with Gasteiger partial charge in [-0.05, 0) is 5.56 Å². The molecule has 3 unspecified atom stereocenters. The number of β-lactam (4-membered cyclic amide) rings is 1. The summed E-state index contributed by atoms with van der Waals surface area (Å²) >= 11 is 0.731. The molecule has 0 saturated carbocycles. The fraction of sp³-hybridized carbons (Fsp3) is 0.429. The number of nitrogens with zero attached hydrogens (tertiary/aromatic N) is 2. The lowest BCUT2D eigenvalue weighted by molar-refractivity contribution is -0.171. The standard InChI is InChI=1S/C14H14F3N3O5S2/c15-14(16,17)27(23,24)19-7-26-12-9(18)11(21)20(12)10(19)13(22)25-6-8-4-2-1-3-5-8/h1-5,9-10,12H,6-7,18H2. The highest BCUT2D eigenvalue weighted by molar-refractivity contribution is 8.01. The molecule has 1 aromatic carbocycles. The molecule has 3 atom stereocenters. The van der Waals surface area contributed by atoms with Crippen LogP contribution in [0.4, 0.5) is 13.2 Å². The Bertz CT molecular complexity index is 849. The number of hydrogen-bond donors (Lipinski definition) is 1. The Balaban J connectivity index is 1.87. The monoisotopic (exact) mass is 425 g/mol. The summed E-state index contributed by atoms with van der Waals surface area (Å²) in [7, 11) is -5.86. The van der Waals surface area contributed by atoms with E-state index in [-0.39, 0.29) is 10.9 Å². The second-order valence-electron chi connectivity index (χ2n) is 5.76. The number of alkyl halides is 3. The van der Waals surface area contributed by atoms with Gasteiger partial charge in [0.15, 0.2) is 6.17 Å². The van der Waals surface area contributed by atoms with Gasteiger partial charge < -0.3 is 15.4 Å². The van der Waals surface area contributed by atoms with Gasteiger partial charge in [0.1, 0.15) is 18.0 Å². The van der Waals surface area contributed by atoms with Crippen LogP contribution in [-0.4, -0.2) is 58.5 Å². The van der Waals surface area contributed by atoms with E-state index in [1.165, 1.54) is 0 Å². The number of hydrogen-bond acceptors (Lipinski definition) is 7. The third kappa shape index (κ3) is 3.39. The van der Waals surface area contributed by atoms with Crippen molar-refractivity contribution >= 4 is 33.7 Å². The number of fused-ring (bicyclic) bond motifs is 1. The van der Waals surface area contributed by atoms with Gasteiger partial charge in [0.2, 0.25) is 5.91 Å². The summed E-state index contributed by atoms with van der Waals surface area (Å²) in [5.41, 5.74) is 0.505. The Morgan fingerprint density at radius 3 is 2.52 bits per heavy atom. The van der Waals surface area contributed by atoms with E-state index in [9.17, 15) is 31.2 Å². The Labute approximate surface area is 156 Å². The van der Waals surface area contributed by atoms with Gasteiger partial charge in [0.05, 0.1) is 5.88 Å². The van der Waals surface area contributed by atoms with Crippen molar-refractivity contribution in [2.75, 3.05) is 5.88 Å². The van der Waals surface area contributed by atoms with Crippen LogP contribution in [0.3, 0.4) is 0 Å². The zero-order valence-corrected chi connectivity index (χ0v) is 15.1. The summed E-state index contributed by atoms with van der Waals surface area (Å²) in [5.74, 6) is -2.79. The van der Waals surface area contributed by atoms with Crippen LogP contribution in [0.1, 0.15) is 5.56 Å². The smallest absolute Gasteiger partial charge is 0.458 e. The number of esters is 1. The third-order valence-corrected chi connectivity index (χ3v) is 7.05. The van der Waals surface area contributed by atoms with Gasteiger partial charge in [-0.25, -0.2) is 13.2 Å². The summed E-state index contributed by atoms with van der Waals surface area (Å²) in [6.45, 7) is -0.290. The van der Waals surface area contributed by atoms with E-state index >= 15 is 0 Å². The van der Waals surface area contributed by atoms with Crippen molar-refractivity contribution in [1.29, 1.82) is 0 Å². The summed E-state index contributed by atoms with van der Waals surface area (Å²) in [4.78, 5) is 25.2. The zero-order chi connectivity index (χ0) is 20.0. The number of nitrogens with two attached hydrogens (primary N) is 1. The Morgan fingerprint density at radius 1 is 1.30 bits per heavy atom. The molecule has 0 radical (unpaired) electrons. The maximum atomic E-state index is 13.0. The molecular weight excluding hydrogens is 411 g/mol. The molecule has 2 N–H and O–H groups in total. The molecule has 1 aromatic rings. The molecule has 2 heterocycles.